The number of halogens is 2. The van der Waals surface area contributed by atoms with Gasteiger partial charge in [0.25, 0.3) is 5.91 Å². The summed E-state index contributed by atoms with van der Waals surface area (Å²) in [7, 11) is 0. The lowest BCUT2D eigenvalue weighted by Gasteiger charge is -2.38. The van der Waals surface area contributed by atoms with Gasteiger partial charge in [-0.05, 0) is 56.3 Å². The third-order valence-corrected chi connectivity index (χ3v) is 5.83. The Balaban J connectivity index is 0.00000196. The molecule has 1 N–H and O–H groups in total. The van der Waals surface area contributed by atoms with E-state index in [-0.39, 0.29) is 18.3 Å². The van der Waals surface area contributed by atoms with Crippen LogP contribution in [-0.2, 0) is 0 Å². The first-order valence-corrected chi connectivity index (χ1v) is 9.14. The lowest BCUT2D eigenvalue weighted by molar-refractivity contribution is 0.0601. The van der Waals surface area contributed by atoms with Crippen molar-refractivity contribution >= 4 is 29.9 Å². The van der Waals surface area contributed by atoms with Gasteiger partial charge in [-0.15, -0.1) is 17.5 Å². The standard InChI is InChI=1S/C18H22ClN5O.ClH/c1-13-16(21-22-24(13)15-4-2-3-14(19)11-15)17(25)23-9-6-18(7-10-23)5-8-20-12-18;/h2-4,11,20H,5-10,12H2,1H3;1H. The Kier molecular flexibility index (Phi) is 5.55. The Hall–Kier alpha value is -1.63. The molecular formula is C18H23Cl2N5O. The summed E-state index contributed by atoms with van der Waals surface area (Å²) in [5.41, 5.74) is 2.38. The van der Waals surface area contributed by atoms with Gasteiger partial charge in [0.1, 0.15) is 0 Å². The molecule has 0 saturated carbocycles. The van der Waals surface area contributed by atoms with Crippen LogP contribution in [0.2, 0.25) is 5.02 Å². The molecule has 0 unspecified atom stereocenters. The highest BCUT2D eigenvalue weighted by Crippen LogP contribution is 2.37. The minimum Gasteiger partial charge on any atom is -0.337 e. The fourth-order valence-corrected chi connectivity index (χ4v) is 4.12. The number of carbonyl (C=O) groups excluding carboxylic acids is 1. The molecule has 3 heterocycles. The second-order valence-electron chi connectivity index (χ2n) is 7.13. The van der Waals surface area contributed by atoms with E-state index < -0.39 is 0 Å². The fourth-order valence-electron chi connectivity index (χ4n) is 3.94. The van der Waals surface area contributed by atoms with Crippen molar-refractivity contribution < 1.29 is 4.79 Å². The summed E-state index contributed by atoms with van der Waals surface area (Å²) in [4.78, 5) is 14.8. The minimum atomic E-state index is -0.0217. The van der Waals surface area contributed by atoms with E-state index in [2.05, 4.69) is 15.6 Å². The van der Waals surface area contributed by atoms with Gasteiger partial charge < -0.3 is 10.2 Å². The molecule has 8 heteroatoms. The Bertz CT molecular complexity index is 791. The molecule has 0 radical (unpaired) electrons. The summed E-state index contributed by atoms with van der Waals surface area (Å²) in [5, 5.41) is 12.4. The van der Waals surface area contributed by atoms with Crippen molar-refractivity contribution in [3.05, 3.63) is 40.7 Å². The molecule has 1 aromatic carbocycles. The maximum atomic E-state index is 12.9. The van der Waals surface area contributed by atoms with E-state index >= 15 is 0 Å². The van der Waals surface area contributed by atoms with Crippen LogP contribution in [0.15, 0.2) is 24.3 Å². The van der Waals surface area contributed by atoms with Crippen LogP contribution in [0.1, 0.15) is 35.4 Å². The number of hydrogen-bond acceptors (Lipinski definition) is 4. The van der Waals surface area contributed by atoms with Gasteiger partial charge in [-0.3, -0.25) is 4.79 Å². The molecule has 1 amide bonds. The van der Waals surface area contributed by atoms with Gasteiger partial charge in [0.15, 0.2) is 5.69 Å². The predicted molar refractivity (Wildman–Crippen MR) is 103 cm³/mol. The van der Waals surface area contributed by atoms with Crippen LogP contribution in [0.3, 0.4) is 0 Å². The van der Waals surface area contributed by atoms with Gasteiger partial charge in [0.05, 0.1) is 11.4 Å². The maximum Gasteiger partial charge on any atom is 0.276 e. The topological polar surface area (TPSA) is 63.1 Å². The van der Waals surface area contributed by atoms with Crippen molar-refractivity contribution in [1.82, 2.24) is 25.2 Å². The molecule has 0 bridgehead atoms. The maximum absolute atomic E-state index is 12.9. The smallest absolute Gasteiger partial charge is 0.276 e. The van der Waals surface area contributed by atoms with Crippen LogP contribution in [0, 0.1) is 12.3 Å². The zero-order valence-corrected chi connectivity index (χ0v) is 16.3. The second-order valence-corrected chi connectivity index (χ2v) is 7.57. The summed E-state index contributed by atoms with van der Waals surface area (Å²) < 4.78 is 1.67. The summed E-state index contributed by atoms with van der Waals surface area (Å²) in [6, 6.07) is 7.39. The van der Waals surface area contributed by atoms with E-state index in [0.29, 0.717) is 16.1 Å². The number of nitrogens with one attached hydrogen (secondary N) is 1. The quantitative estimate of drug-likeness (QED) is 0.848. The number of nitrogens with zero attached hydrogens (tertiary/aromatic N) is 4. The van der Waals surface area contributed by atoms with Gasteiger partial charge in [-0.1, -0.05) is 22.9 Å². The molecule has 140 valence electrons. The first kappa shape index (κ1) is 19.1. The van der Waals surface area contributed by atoms with E-state index in [4.69, 9.17) is 11.6 Å². The number of aromatic nitrogens is 3. The van der Waals surface area contributed by atoms with Crippen LogP contribution >= 0.6 is 24.0 Å². The van der Waals surface area contributed by atoms with Crippen LogP contribution in [0.4, 0.5) is 0 Å². The molecule has 4 rings (SSSR count). The van der Waals surface area contributed by atoms with E-state index in [1.807, 2.05) is 36.1 Å². The SMILES string of the molecule is Cc1c(C(=O)N2CCC3(CCNC3)CC2)nnn1-c1cccc(Cl)c1.Cl. The molecule has 2 saturated heterocycles. The normalized spacial score (nSPS) is 18.8. The highest BCUT2D eigenvalue weighted by molar-refractivity contribution is 6.30. The Morgan fingerprint density at radius 2 is 2.04 bits per heavy atom. The molecule has 2 aliphatic rings. The number of carbonyl (C=O) groups is 1. The third-order valence-electron chi connectivity index (χ3n) is 5.59. The average molecular weight is 396 g/mol. The highest BCUT2D eigenvalue weighted by Gasteiger charge is 2.38. The molecule has 2 fully saturated rings. The summed E-state index contributed by atoms with van der Waals surface area (Å²) in [6.45, 7) is 5.65. The highest BCUT2D eigenvalue weighted by atomic mass is 35.5. The van der Waals surface area contributed by atoms with Crippen molar-refractivity contribution in [2.24, 2.45) is 5.41 Å². The lowest BCUT2D eigenvalue weighted by atomic mass is 9.78. The first-order valence-electron chi connectivity index (χ1n) is 8.76. The first-order chi connectivity index (χ1) is 12.1. The lowest BCUT2D eigenvalue weighted by Crippen LogP contribution is -2.44. The van der Waals surface area contributed by atoms with Gasteiger partial charge in [0, 0.05) is 24.7 Å². The predicted octanol–water partition coefficient (Wildman–Crippen LogP) is 2.87. The van der Waals surface area contributed by atoms with Gasteiger partial charge >= 0.3 is 0 Å². The Labute approximate surface area is 164 Å². The van der Waals surface area contributed by atoms with E-state index in [9.17, 15) is 4.79 Å². The molecule has 6 nitrogen and oxygen atoms in total. The molecule has 2 aliphatic heterocycles. The Morgan fingerprint density at radius 1 is 1.27 bits per heavy atom. The van der Waals surface area contributed by atoms with E-state index in [1.54, 1.807) is 4.68 Å². The number of amides is 1. The molecule has 0 aliphatic carbocycles. The van der Waals surface area contributed by atoms with Gasteiger partial charge in [-0.2, -0.15) is 0 Å². The zero-order chi connectivity index (χ0) is 17.4. The number of rotatable bonds is 2. The van der Waals surface area contributed by atoms with Crippen molar-refractivity contribution in [2.75, 3.05) is 26.2 Å². The number of piperidine rings is 1. The van der Waals surface area contributed by atoms with Crippen LogP contribution in [-0.4, -0.2) is 52.0 Å². The van der Waals surface area contributed by atoms with Crippen molar-refractivity contribution in [2.45, 2.75) is 26.2 Å². The zero-order valence-electron chi connectivity index (χ0n) is 14.7. The van der Waals surface area contributed by atoms with Crippen molar-refractivity contribution in [1.29, 1.82) is 0 Å². The monoisotopic (exact) mass is 395 g/mol. The van der Waals surface area contributed by atoms with Gasteiger partial charge in [-0.25, -0.2) is 4.68 Å². The minimum absolute atomic E-state index is 0. The number of hydrogen-bond donors (Lipinski definition) is 1. The molecule has 26 heavy (non-hydrogen) atoms. The molecule has 1 spiro atoms. The van der Waals surface area contributed by atoms with Crippen LogP contribution < -0.4 is 5.32 Å². The second kappa shape index (κ2) is 7.55. The average Bonchev–Trinajstić information content (AvgIpc) is 3.22. The van der Waals surface area contributed by atoms with Crippen molar-refractivity contribution in [3.8, 4) is 5.69 Å². The van der Waals surface area contributed by atoms with Crippen LogP contribution in [0.5, 0.6) is 0 Å². The summed E-state index contributed by atoms with van der Waals surface area (Å²) in [6.07, 6.45) is 3.35. The van der Waals surface area contributed by atoms with Crippen LogP contribution in [0.25, 0.3) is 5.69 Å². The molecular weight excluding hydrogens is 373 g/mol. The summed E-state index contributed by atoms with van der Waals surface area (Å²) >= 11 is 6.06. The molecule has 2 aromatic rings. The van der Waals surface area contributed by atoms with E-state index in [1.165, 1.54) is 6.42 Å². The Morgan fingerprint density at radius 3 is 2.69 bits per heavy atom. The number of benzene rings is 1. The molecule has 0 atom stereocenters. The summed E-state index contributed by atoms with van der Waals surface area (Å²) in [5.74, 6) is -0.0217. The fraction of sp³-hybridized carbons (Fsp3) is 0.500. The van der Waals surface area contributed by atoms with Crippen molar-refractivity contribution in [3.63, 3.8) is 0 Å². The third kappa shape index (κ3) is 3.46. The number of likely N-dealkylation sites (tertiary alicyclic amines) is 1. The molecule has 1 aromatic heterocycles. The largest absolute Gasteiger partial charge is 0.337 e. The van der Waals surface area contributed by atoms with Gasteiger partial charge in [0.2, 0.25) is 0 Å². The van der Waals surface area contributed by atoms with E-state index in [0.717, 1.165) is 50.4 Å².